The highest BCUT2D eigenvalue weighted by Crippen LogP contribution is 2.34. The third kappa shape index (κ3) is 2.22. The predicted molar refractivity (Wildman–Crippen MR) is 71.2 cm³/mol. The molecule has 0 aliphatic carbocycles. The van der Waals surface area contributed by atoms with Crippen molar-refractivity contribution in [3.8, 4) is 0 Å². The molecule has 0 amide bonds. The predicted octanol–water partition coefficient (Wildman–Crippen LogP) is 2.02. The van der Waals surface area contributed by atoms with Crippen LogP contribution in [0.3, 0.4) is 0 Å². The van der Waals surface area contributed by atoms with Crippen LogP contribution in [-0.2, 0) is 4.74 Å². The number of nitrogens with two attached hydrogens (primary N) is 1. The van der Waals surface area contributed by atoms with Crippen molar-refractivity contribution in [3.05, 3.63) is 30.1 Å². The maximum absolute atomic E-state index is 13.9. The Balaban J connectivity index is 2.29. The maximum atomic E-state index is 13.9. The Bertz CT molecular complexity index is 407. The molecular formula is C14H21FN2O. The van der Waals surface area contributed by atoms with E-state index in [-0.39, 0.29) is 11.4 Å². The Morgan fingerprint density at radius 2 is 2.22 bits per heavy atom. The van der Waals surface area contributed by atoms with Gasteiger partial charge in [-0.3, -0.25) is 0 Å². The van der Waals surface area contributed by atoms with Gasteiger partial charge in [-0.1, -0.05) is 12.1 Å². The van der Waals surface area contributed by atoms with Gasteiger partial charge < -0.3 is 15.4 Å². The van der Waals surface area contributed by atoms with Gasteiger partial charge in [0.25, 0.3) is 0 Å². The topological polar surface area (TPSA) is 38.5 Å². The van der Waals surface area contributed by atoms with E-state index in [0.29, 0.717) is 24.8 Å². The first-order valence-corrected chi connectivity index (χ1v) is 6.36. The second-order valence-electron chi connectivity index (χ2n) is 5.13. The molecule has 0 radical (unpaired) electrons. The molecule has 100 valence electrons. The second-order valence-corrected chi connectivity index (χ2v) is 5.13. The molecule has 1 aromatic carbocycles. The lowest BCUT2D eigenvalue weighted by Gasteiger charge is -2.43. The molecule has 1 aliphatic heterocycles. The smallest absolute Gasteiger partial charge is 0.146 e. The summed E-state index contributed by atoms with van der Waals surface area (Å²) in [4.78, 5) is 1.96. The number of hydrogen-bond acceptors (Lipinski definition) is 3. The summed E-state index contributed by atoms with van der Waals surface area (Å²) in [6, 6.07) is 6.81. The summed E-state index contributed by atoms with van der Waals surface area (Å²) in [6.07, 6.45) is 0.979. The molecule has 2 rings (SSSR count). The lowest BCUT2D eigenvalue weighted by atomic mass is 9.83. The van der Waals surface area contributed by atoms with Crippen molar-refractivity contribution in [2.24, 2.45) is 11.7 Å². The van der Waals surface area contributed by atoms with Gasteiger partial charge in [-0.05, 0) is 25.5 Å². The van der Waals surface area contributed by atoms with Crippen LogP contribution >= 0.6 is 0 Å². The third-order valence-corrected chi connectivity index (χ3v) is 4.20. The number of anilines is 1. The van der Waals surface area contributed by atoms with Gasteiger partial charge in [0.1, 0.15) is 5.82 Å². The fourth-order valence-corrected chi connectivity index (χ4v) is 2.60. The van der Waals surface area contributed by atoms with E-state index in [4.69, 9.17) is 10.5 Å². The van der Waals surface area contributed by atoms with Crippen LogP contribution in [0, 0.1) is 11.7 Å². The minimum Gasteiger partial charge on any atom is -0.381 e. The molecule has 0 aromatic heterocycles. The fourth-order valence-electron chi connectivity index (χ4n) is 2.60. The van der Waals surface area contributed by atoms with Gasteiger partial charge in [0.15, 0.2) is 0 Å². The Hall–Kier alpha value is -1.13. The Labute approximate surface area is 108 Å². The third-order valence-electron chi connectivity index (χ3n) is 4.20. The lowest BCUT2D eigenvalue weighted by Crippen LogP contribution is -2.55. The quantitative estimate of drug-likeness (QED) is 0.891. The fraction of sp³-hybridized carbons (Fsp3) is 0.571. The molecule has 1 fully saturated rings. The van der Waals surface area contributed by atoms with Gasteiger partial charge in [-0.2, -0.15) is 0 Å². The number of likely N-dealkylation sites (N-methyl/N-ethyl adjacent to an activating group) is 1. The highest BCUT2D eigenvalue weighted by atomic mass is 19.1. The summed E-state index contributed by atoms with van der Waals surface area (Å²) in [5.41, 5.74) is 6.27. The molecule has 1 aromatic rings. The standard InChI is InChI=1S/C14H21FN2O/c1-14(10-16,11-7-8-18-9-11)17(2)13-6-4-3-5-12(13)15/h3-6,11H,7-10,16H2,1-2H3. The average molecular weight is 252 g/mol. The summed E-state index contributed by atoms with van der Waals surface area (Å²) in [7, 11) is 1.91. The summed E-state index contributed by atoms with van der Waals surface area (Å²) < 4.78 is 19.3. The van der Waals surface area contributed by atoms with Gasteiger partial charge in [-0.15, -0.1) is 0 Å². The lowest BCUT2D eigenvalue weighted by molar-refractivity contribution is 0.166. The van der Waals surface area contributed by atoms with Crippen LogP contribution in [0.2, 0.25) is 0 Å². The molecule has 1 aliphatic rings. The highest BCUT2D eigenvalue weighted by Gasteiger charge is 2.39. The number of ether oxygens (including phenoxy) is 1. The average Bonchev–Trinajstić information content (AvgIpc) is 2.92. The maximum Gasteiger partial charge on any atom is 0.146 e. The minimum absolute atomic E-state index is 0.210. The molecule has 18 heavy (non-hydrogen) atoms. The van der Waals surface area contributed by atoms with Crippen LogP contribution in [0.25, 0.3) is 0 Å². The summed E-state index contributed by atoms with van der Waals surface area (Å²) in [6.45, 7) is 4.03. The molecule has 2 N–H and O–H groups in total. The van der Waals surface area contributed by atoms with E-state index in [2.05, 4.69) is 6.92 Å². The molecule has 4 heteroatoms. The molecule has 1 saturated heterocycles. The van der Waals surface area contributed by atoms with Gasteiger partial charge in [0.2, 0.25) is 0 Å². The van der Waals surface area contributed by atoms with Crippen molar-refractivity contribution >= 4 is 5.69 Å². The first-order valence-electron chi connectivity index (χ1n) is 6.36. The number of nitrogens with zero attached hydrogens (tertiary/aromatic N) is 1. The Morgan fingerprint density at radius 3 is 2.78 bits per heavy atom. The van der Waals surface area contributed by atoms with Crippen molar-refractivity contribution in [2.75, 3.05) is 31.7 Å². The van der Waals surface area contributed by atoms with Gasteiger partial charge in [-0.25, -0.2) is 4.39 Å². The minimum atomic E-state index is -0.279. The first kappa shape index (κ1) is 13.3. The van der Waals surface area contributed by atoms with E-state index in [0.717, 1.165) is 13.0 Å². The van der Waals surface area contributed by atoms with Crippen LogP contribution in [0.4, 0.5) is 10.1 Å². The van der Waals surface area contributed by atoms with E-state index >= 15 is 0 Å². The van der Waals surface area contributed by atoms with E-state index < -0.39 is 0 Å². The van der Waals surface area contributed by atoms with Crippen molar-refractivity contribution in [3.63, 3.8) is 0 Å². The van der Waals surface area contributed by atoms with E-state index in [1.807, 2.05) is 18.0 Å². The SMILES string of the molecule is CN(c1ccccc1F)C(C)(CN)C1CCOC1. The Kier molecular flexibility index (Phi) is 3.88. The monoisotopic (exact) mass is 252 g/mol. The normalized spacial score (nSPS) is 22.8. The van der Waals surface area contributed by atoms with Crippen molar-refractivity contribution < 1.29 is 9.13 Å². The van der Waals surface area contributed by atoms with Gasteiger partial charge in [0, 0.05) is 26.1 Å². The number of benzene rings is 1. The van der Waals surface area contributed by atoms with Crippen molar-refractivity contribution in [1.82, 2.24) is 0 Å². The molecular weight excluding hydrogens is 231 g/mol. The molecule has 1 heterocycles. The van der Waals surface area contributed by atoms with E-state index in [1.165, 1.54) is 6.07 Å². The van der Waals surface area contributed by atoms with Crippen LogP contribution in [0.15, 0.2) is 24.3 Å². The first-order chi connectivity index (χ1) is 8.59. The summed E-state index contributed by atoms with van der Waals surface area (Å²) in [5, 5.41) is 0. The largest absolute Gasteiger partial charge is 0.381 e. The number of rotatable bonds is 4. The zero-order chi connectivity index (χ0) is 13.2. The van der Waals surface area contributed by atoms with Crippen LogP contribution in [-0.4, -0.2) is 32.3 Å². The van der Waals surface area contributed by atoms with E-state index in [1.54, 1.807) is 12.1 Å². The summed E-state index contributed by atoms with van der Waals surface area (Å²) >= 11 is 0. The Morgan fingerprint density at radius 1 is 1.50 bits per heavy atom. The van der Waals surface area contributed by atoms with Crippen molar-refractivity contribution in [2.45, 2.75) is 18.9 Å². The number of halogens is 1. The number of hydrogen-bond donors (Lipinski definition) is 1. The van der Waals surface area contributed by atoms with Gasteiger partial charge in [0.05, 0.1) is 17.8 Å². The number of para-hydroxylation sites is 1. The molecule has 0 spiro atoms. The molecule has 0 saturated carbocycles. The molecule has 3 nitrogen and oxygen atoms in total. The van der Waals surface area contributed by atoms with Crippen LogP contribution in [0.1, 0.15) is 13.3 Å². The zero-order valence-corrected chi connectivity index (χ0v) is 11.0. The second kappa shape index (κ2) is 5.24. The summed E-state index contributed by atoms with van der Waals surface area (Å²) in [5.74, 6) is 0.130. The highest BCUT2D eigenvalue weighted by molar-refractivity contribution is 5.49. The van der Waals surface area contributed by atoms with Crippen LogP contribution < -0.4 is 10.6 Å². The van der Waals surface area contributed by atoms with Crippen molar-refractivity contribution in [1.29, 1.82) is 0 Å². The molecule has 2 atom stereocenters. The van der Waals surface area contributed by atoms with Crippen LogP contribution in [0.5, 0.6) is 0 Å². The van der Waals surface area contributed by atoms with Gasteiger partial charge >= 0.3 is 0 Å². The zero-order valence-electron chi connectivity index (χ0n) is 11.0. The molecule has 2 unspecified atom stereocenters. The van der Waals surface area contributed by atoms with E-state index in [9.17, 15) is 4.39 Å². The molecule has 0 bridgehead atoms.